The number of benzene rings is 1. The summed E-state index contributed by atoms with van der Waals surface area (Å²) in [5, 5.41) is 8.68. The number of carbonyl (C=O) groups excluding carboxylic acids is 1. The third kappa shape index (κ3) is 5.61. The minimum atomic E-state index is -1.64. The van der Waals surface area contributed by atoms with Gasteiger partial charge in [-0.3, -0.25) is 9.79 Å². The van der Waals surface area contributed by atoms with Gasteiger partial charge in [0.25, 0.3) is 0 Å². The molecular weight excluding hydrogens is 466 g/mol. The Labute approximate surface area is 164 Å². The molecule has 2 aromatic rings. The Hall–Kier alpha value is -2.31. The third-order valence-electron chi connectivity index (χ3n) is 3.18. The van der Waals surface area contributed by atoms with E-state index >= 15 is 0 Å². The van der Waals surface area contributed by atoms with Crippen molar-refractivity contribution in [2.24, 2.45) is 4.99 Å². The number of halogens is 4. The summed E-state index contributed by atoms with van der Waals surface area (Å²) in [7, 11) is 3.24. The summed E-state index contributed by atoms with van der Waals surface area (Å²) >= 11 is 0. The maximum absolute atomic E-state index is 13.5. The molecule has 0 spiro atoms. The molecule has 2 rings (SSSR count). The standard InChI is InChI=1S/C15H16F3N5O2.HI/c1-19-15(23(2)8-9-5-6-25-22-9)20-7-12(24)21-11-4-3-10(16)13(17)14(11)18;/h3-6H,7-8H2,1-2H3,(H,19,20)(H,21,24);1H. The molecule has 0 bridgehead atoms. The molecule has 0 radical (unpaired) electrons. The topological polar surface area (TPSA) is 82.8 Å². The molecule has 0 atom stereocenters. The number of amides is 1. The molecule has 1 heterocycles. The van der Waals surface area contributed by atoms with Crippen molar-refractivity contribution in [1.82, 2.24) is 15.4 Å². The lowest BCUT2D eigenvalue weighted by atomic mass is 10.2. The van der Waals surface area contributed by atoms with E-state index in [0.29, 0.717) is 18.2 Å². The van der Waals surface area contributed by atoms with Crippen LogP contribution in [0.2, 0.25) is 0 Å². The first-order valence-electron chi connectivity index (χ1n) is 7.16. The second kappa shape index (κ2) is 9.99. The van der Waals surface area contributed by atoms with Crippen LogP contribution in [0.1, 0.15) is 5.69 Å². The molecule has 2 N–H and O–H groups in total. The van der Waals surface area contributed by atoms with Crippen LogP contribution in [0.4, 0.5) is 18.9 Å². The Kier molecular flexibility index (Phi) is 8.35. The second-order valence-corrected chi connectivity index (χ2v) is 5.02. The first-order chi connectivity index (χ1) is 11.9. The van der Waals surface area contributed by atoms with Crippen LogP contribution < -0.4 is 10.6 Å². The predicted molar refractivity (Wildman–Crippen MR) is 99.7 cm³/mol. The Bertz CT molecular complexity index is 771. The van der Waals surface area contributed by atoms with Crippen molar-refractivity contribution in [3.63, 3.8) is 0 Å². The highest BCUT2D eigenvalue weighted by molar-refractivity contribution is 14.0. The van der Waals surface area contributed by atoms with E-state index in [1.165, 1.54) is 13.3 Å². The zero-order chi connectivity index (χ0) is 18.4. The highest BCUT2D eigenvalue weighted by Crippen LogP contribution is 2.19. The number of aliphatic imine (C=N–C) groups is 1. The summed E-state index contributed by atoms with van der Waals surface area (Å²) in [6.07, 6.45) is 1.43. The van der Waals surface area contributed by atoms with Gasteiger partial charge in [-0.2, -0.15) is 0 Å². The predicted octanol–water partition coefficient (Wildman–Crippen LogP) is 2.36. The minimum absolute atomic E-state index is 0. The summed E-state index contributed by atoms with van der Waals surface area (Å²) in [4.78, 5) is 17.5. The molecule has 7 nitrogen and oxygen atoms in total. The SMILES string of the molecule is CN=C(NCC(=O)Nc1ccc(F)c(F)c1F)N(C)Cc1ccon1.I. The number of guanidine groups is 1. The van der Waals surface area contributed by atoms with Crippen LogP contribution in [0.5, 0.6) is 0 Å². The van der Waals surface area contributed by atoms with Crippen LogP contribution in [0, 0.1) is 17.5 Å². The van der Waals surface area contributed by atoms with Crippen molar-refractivity contribution >= 4 is 41.5 Å². The van der Waals surface area contributed by atoms with Gasteiger partial charge in [0.2, 0.25) is 5.91 Å². The lowest BCUT2D eigenvalue weighted by molar-refractivity contribution is -0.115. The Balaban J connectivity index is 0.00000338. The van der Waals surface area contributed by atoms with Crippen molar-refractivity contribution in [3.05, 3.63) is 47.6 Å². The van der Waals surface area contributed by atoms with E-state index in [1.54, 1.807) is 18.0 Å². The second-order valence-electron chi connectivity index (χ2n) is 5.02. The lowest BCUT2D eigenvalue weighted by Gasteiger charge is -2.20. The molecular formula is C15H17F3IN5O2. The number of carbonyl (C=O) groups is 1. The summed E-state index contributed by atoms with van der Waals surface area (Å²) < 4.78 is 44.3. The van der Waals surface area contributed by atoms with Gasteiger partial charge in [0, 0.05) is 20.2 Å². The zero-order valence-corrected chi connectivity index (χ0v) is 16.3. The molecule has 1 aromatic carbocycles. The van der Waals surface area contributed by atoms with E-state index < -0.39 is 29.0 Å². The first kappa shape index (κ1) is 21.7. The molecule has 0 aliphatic rings. The number of aromatic nitrogens is 1. The van der Waals surface area contributed by atoms with E-state index in [-0.39, 0.29) is 30.5 Å². The summed E-state index contributed by atoms with van der Waals surface area (Å²) in [5.74, 6) is -4.71. The molecule has 0 fully saturated rings. The summed E-state index contributed by atoms with van der Waals surface area (Å²) in [5.41, 5.74) is 0.218. The quantitative estimate of drug-likeness (QED) is 0.296. The molecule has 0 unspecified atom stereocenters. The van der Waals surface area contributed by atoms with Crippen LogP contribution in [0.3, 0.4) is 0 Å². The largest absolute Gasteiger partial charge is 0.364 e. The number of rotatable bonds is 5. The van der Waals surface area contributed by atoms with Gasteiger partial charge in [0.05, 0.1) is 18.8 Å². The highest BCUT2D eigenvalue weighted by atomic mass is 127. The van der Waals surface area contributed by atoms with Gasteiger partial charge in [-0.15, -0.1) is 24.0 Å². The van der Waals surface area contributed by atoms with Crippen molar-refractivity contribution in [3.8, 4) is 0 Å². The van der Waals surface area contributed by atoms with Crippen LogP contribution in [-0.2, 0) is 11.3 Å². The summed E-state index contributed by atoms with van der Waals surface area (Å²) in [6, 6.07) is 3.35. The first-order valence-corrected chi connectivity index (χ1v) is 7.16. The molecule has 0 aliphatic heterocycles. The lowest BCUT2D eigenvalue weighted by Crippen LogP contribution is -2.42. The summed E-state index contributed by atoms with van der Waals surface area (Å²) in [6.45, 7) is 0.129. The van der Waals surface area contributed by atoms with E-state index in [2.05, 4.69) is 20.8 Å². The zero-order valence-electron chi connectivity index (χ0n) is 13.9. The van der Waals surface area contributed by atoms with Gasteiger partial charge in [0.15, 0.2) is 23.4 Å². The Morgan fingerprint density at radius 1 is 1.27 bits per heavy atom. The van der Waals surface area contributed by atoms with Gasteiger partial charge in [0.1, 0.15) is 12.0 Å². The average Bonchev–Trinajstić information content (AvgIpc) is 3.09. The monoisotopic (exact) mass is 483 g/mol. The molecule has 142 valence electrons. The fraction of sp³-hybridized carbons (Fsp3) is 0.267. The Morgan fingerprint density at radius 3 is 2.62 bits per heavy atom. The van der Waals surface area contributed by atoms with Crippen molar-refractivity contribution in [2.75, 3.05) is 26.0 Å². The molecule has 1 aromatic heterocycles. The van der Waals surface area contributed by atoms with E-state index in [0.717, 1.165) is 12.1 Å². The molecule has 0 saturated carbocycles. The van der Waals surface area contributed by atoms with Gasteiger partial charge < -0.3 is 20.1 Å². The van der Waals surface area contributed by atoms with Crippen molar-refractivity contribution in [1.29, 1.82) is 0 Å². The third-order valence-corrected chi connectivity index (χ3v) is 3.18. The minimum Gasteiger partial charge on any atom is -0.364 e. The van der Waals surface area contributed by atoms with Crippen LogP contribution >= 0.6 is 24.0 Å². The number of hydrogen-bond acceptors (Lipinski definition) is 4. The maximum Gasteiger partial charge on any atom is 0.243 e. The van der Waals surface area contributed by atoms with Gasteiger partial charge >= 0.3 is 0 Å². The number of nitrogens with zero attached hydrogens (tertiary/aromatic N) is 3. The maximum atomic E-state index is 13.5. The highest BCUT2D eigenvalue weighted by Gasteiger charge is 2.16. The molecule has 0 saturated heterocycles. The Morgan fingerprint density at radius 2 is 2.00 bits per heavy atom. The normalized spacial score (nSPS) is 10.9. The molecule has 1 amide bonds. The van der Waals surface area contributed by atoms with Crippen molar-refractivity contribution in [2.45, 2.75) is 6.54 Å². The van der Waals surface area contributed by atoms with E-state index in [1.807, 2.05) is 0 Å². The fourth-order valence-electron chi connectivity index (χ4n) is 2.00. The fourth-order valence-corrected chi connectivity index (χ4v) is 2.00. The van der Waals surface area contributed by atoms with Gasteiger partial charge in [-0.1, -0.05) is 5.16 Å². The van der Waals surface area contributed by atoms with Crippen molar-refractivity contribution < 1.29 is 22.5 Å². The van der Waals surface area contributed by atoms with Crippen LogP contribution in [0.25, 0.3) is 0 Å². The number of nitrogens with one attached hydrogen (secondary N) is 2. The molecule has 0 aliphatic carbocycles. The van der Waals surface area contributed by atoms with Crippen LogP contribution in [-0.4, -0.2) is 42.6 Å². The number of hydrogen-bond donors (Lipinski definition) is 2. The van der Waals surface area contributed by atoms with Gasteiger partial charge in [-0.05, 0) is 12.1 Å². The van der Waals surface area contributed by atoms with E-state index in [4.69, 9.17) is 4.52 Å². The number of anilines is 1. The molecule has 11 heteroatoms. The molecule has 26 heavy (non-hydrogen) atoms. The average molecular weight is 483 g/mol. The smallest absolute Gasteiger partial charge is 0.243 e. The van der Waals surface area contributed by atoms with Crippen LogP contribution in [0.15, 0.2) is 34.0 Å². The van der Waals surface area contributed by atoms with E-state index in [9.17, 15) is 18.0 Å². The van der Waals surface area contributed by atoms with Gasteiger partial charge in [-0.25, -0.2) is 13.2 Å².